The Morgan fingerprint density at radius 3 is 1.75 bits per heavy atom. The van der Waals surface area contributed by atoms with Gasteiger partial charge in [-0.25, -0.2) is 0 Å². The molecule has 0 spiro atoms. The first-order valence-electron chi connectivity index (χ1n) is 6.92. The Morgan fingerprint density at radius 2 is 1.40 bits per heavy atom. The van der Waals surface area contributed by atoms with Crippen molar-refractivity contribution in [2.45, 2.75) is 32.2 Å². The van der Waals surface area contributed by atoms with Crippen LogP contribution in [0.2, 0.25) is 0 Å². The van der Waals surface area contributed by atoms with Crippen molar-refractivity contribution in [1.29, 1.82) is 0 Å². The largest absolute Gasteiger partial charge is 0.330 e. The van der Waals surface area contributed by atoms with Gasteiger partial charge < -0.3 is 11.5 Å². The average molecular weight is 277 g/mol. The maximum atomic E-state index is 5.73. The molecule has 0 unspecified atom stereocenters. The molecular formula is C13H23N7. The van der Waals surface area contributed by atoms with Gasteiger partial charge in [0, 0.05) is 30.8 Å². The third-order valence-corrected chi connectivity index (χ3v) is 3.29. The number of aromatic nitrogens is 4. The lowest BCUT2D eigenvalue weighted by atomic mass is 10.1. The summed E-state index contributed by atoms with van der Waals surface area (Å²) in [6, 6.07) is 4.18. The zero-order valence-electron chi connectivity index (χ0n) is 11.7. The molecule has 2 aromatic heterocycles. The Kier molecular flexibility index (Phi) is 5.72. The molecule has 0 radical (unpaired) electrons. The second-order valence-corrected chi connectivity index (χ2v) is 4.77. The van der Waals surface area contributed by atoms with Crippen molar-refractivity contribution in [2.24, 2.45) is 11.5 Å². The molecule has 7 nitrogen and oxygen atoms in total. The van der Waals surface area contributed by atoms with Crippen LogP contribution in [-0.4, -0.2) is 43.6 Å². The van der Waals surface area contributed by atoms with E-state index >= 15 is 0 Å². The highest BCUT2D eigenvalue weighted by Gasteiger charge is 2.18. The van der Waals surface area contributed by atoms with Gasteiger partial charge in [0.25, 0.3) is 0 Å². The number of hydrogen-bond donors (Lipinski definition) is 2. The second kappa shape index (κ2) is 7.78. The lowest BCUT2D eigenvalue weighted by molar-refractivity contribution is 0.0880. The molecule has 110 valence electrons. The Labute approximate surface area is 119 Å². The fourth-order valence-corrected chi connectivity index (χ4v) is 2.31. The predicted molar refractivity (Wildman–Crippen MR) is 77.4 cm³/mol. The topological polar surface area (TPSA) is 90.9 Å². The van der Waals surface area contributed by atoms with Crippen molar-refractivity contribution in [2.75, 3.05) is 13.1 Å². The first kappa shape index (κ1) is 14.7. The van der Waals surface area contributed by atoms with Gasteiger partial charge in [-0.05, 0) is 38.1 Å². The van der Waals surface area contributed by atoms with E-state index in [4.69, 9.17) is 11.5 Å². The summed E-state index contributed by atoms with van der Waals surface area (Å²) in [5.74, 6) is 0. The van der Waals surface area contributed by atoms with Crippen LogP contribution in [0.5, 0.6) is 0 Å². The minimum absolute atomic E-state index is 0.332. The molecule has 0 aliphatic rings. The van der Waals surface area contributed by atoms with E-state index in [2.05, 4.69) is 15.1 Å². The standard InChI is InChI=1S/C13H23N7/c14-5-3-13(4-6-15)18(11-19-9-1-7-16-19)12-20-10-2-8-17-20/h1-2,7-10,13H,3-6,11-12,14-15H2. The predicted octanol–water partition coefficient (Wildman–Crippen LogP) is 0.0630. The lowest BCUT2D eigenvalue weighted by Gasteiger charge is -2.31. The number of hydrogen-bond acceptors (Lipinski definition) is 5. The molecule has 0 fully saturated rings. The summed E-state index contributed by atoms with van der Waals surface area (Å²) >= 11 is 0. The minimum Gasteiger partial charge on any atom is -0.330 e. The van der Waals surface area contributed by atoms with Crippen LogP contribution < -0.4 is 11.5 Å². The van der Waals surface area contributed by atoms with Gasteiger partial charge in [0.2, 0.25) is 0 Å². The van der Waals surface area contributed by atoms with Gasteiger partial charge >= 0.3 is 0 Å². The molecule has 2 aromatic rings. The Bertz CT molecular complexity index is 409. The molecule has 0 saturated heterocycles. The summed E-state index contributed by atoms with van der Waals surface area (Å²) in [5.41, 5.74) is 11.5. The van der Waals surface area contributed by atoms with Gasteiger partial charge in [0.1, 0.15) is 0 Å². The van der Waals surface area contributed by atoms with E-state index in [9.17, 15) is 0 Å². The fraction of sp³-hybridized carbons (Fsp3) is 0.538. The normalized spacial score (nSPS) is 11.6. The van der Waals surface area contributed by atoms with E-state index in [1.807, 2.05) is 33.9 Å². The molecule has 0 atom stereocenters. The van der Waals surface area contributed by atoms with Crippen LogP contribution in [0.15, 0.2) is 36.9 Å². The van der Waals surface area contributed by atoms with E-state index < -0.39 is 0 Å². The highest BCUT2D eigenvalue weighted by atomic mass is 15.4. The van der Waals surface area contributed by atoms with Gasteiger partial charge in [-0.15, -0.1) is 0 Å². The summed E-state index contributed by atoms with van der Waals surface area (Å²) < 4.78 is 3.81. The van der Waals surface area contributed by atoms with Crippen LogP contribution in [0.1, 0.15) is 12.8 Å². The van der Waals surface area contributed by atoms with Crippen molar-refractivity contribution in [3.8, 4) is 0 Å². The number of nitrogens with zero attached hydrogens (tertiary/aromatic N) is 5. The van der Waals surface area contributed by atoms with Crippen LogP contribution in [0, 0.1) is 0 Å². The first-order chi connectivity index (χ1) is 9.83. The van der Waals surface area contributed by atoms with Crippen molar-refractivity contribution in [1.82, 2.24) is 24.5 Å². The first-order valence-corrected chi connectivity index (χ1v) is 6.92. The fourth-order valence-electron chi connectivity index (χ4n) is 2.31. The molecule has 2 rings (SSSR count). The van der Waals surface area contributed by atoms with Crippen molar-refractivity contribution < 1.29 is 0 Å². The van der Waals surface area contributed by atoms with Crippen molar-refractivity contribution in [3.05, 3.63) is 36.9 Å². The molecule has 0 aliphatic carbocycles. The molecule has 0 amide bonds. The third-order valence-electron chi connectivity index (χ3n) is 3.29. The van der Waals surface area contributed by atoms with Crippen molar-refractivity contribution in [3.63, 3.8) is 0 Å². The van der Waals surface area contributed by atoms with E-state index in [0.717, 1.165) is 12.8 Å². The minimum atomic E-state index is 0.332. The second-order valence-electron chi connectivity index (χ2n) is 4.77. The molecule has 2 heterocycles. The summed E-state index contributed by atoms with van der Waals surface area (Å²) in [5, 5.41) is 8.54. The van der Waals surface area contributed by atoms with E-state index in [1.165, 1.54) is 0 Å². The van der Waals surface area contributed by atoms with Crippen molar-refractivity contribution >= 4 is 0 Å². The molecule has 20 heavy (non-hydrogen) atoms. The summed E-state index contributed by atoms with van der Waals surface area (Å²) in [4.78, 5) is 2.31. The highest BCUT2D eigenvalue weighted by Crippen LogP contribution is 2.11. The SMILES string of the molecule is NCCC(CCN)N(Cn1cccn1)Cn1cccn1. The smallest absolute Gasteiger partial charge is 0.0945 e. The Balaban J connectivity index is 2.08. The van der Waals surface area contributed by atoms with Gasteiger partial charge in [0.15, 0.2) is 0 Å². The van der Waals surface area contributed by atoms with Gasteiger partial charge in [-0.2, -0.15) is 10.2 Å². The van der Waals surface area contributed by atoms with Gasteiger partial charge in [-0.1, -0.05) is 0 Å². The van der Waals surface area contributed by atoms with Crippen LogP contribution in [0.25, 0.3) is 0 Å². The summed E-state index contributed by atoms with van der Waals surface area (Å²) in [7, 11) is 0. The van der Waals surface area contributed by atoms with Crippen LogP contribution in [-0.2, 0) is 13.3 Å². The Morgan fingerprint density at radius 1 is 0.900 bits per heavy atom. The zero-order chi connectivity index (χ0) is 14.2. The van der Waals surface area contributed by atoms with Crippen LogP contribution >= 0.6 is 0 Å². The zero-order valence-corrected chi connectivity index (χ0v) is 11.7. The maximum absolute atomic E-state index is 5.73. The number of rotatable bonds is 9. The van der Waals surface area contributed by atoms with E-state index in [0.29, 0.717) is 32.5 Å². The molecule has 0 saturated carbocycles. The monoisotopic (exact) mass is 277 g/mol. The molecule has 0 aromatic carbocycles. The van der Waals surface area contributed by atoms with E-state index in [1.54, 1.807) is 12.4 Å². The average Bonchev–Trinajstić information content (AvgIpc) is 3.11. The third kappa shape index (κ3) is 4.16. The van der Waals surface area contributed by atoms with Crippen LogP contribution in [0.4, 0.5) is 0 Å². The number of nitrogens with two attached hydrogens (primary N) is 2. The van der Waals surface area contributed by atoms with Gasteiger partial charge in [0.05, 0.1) is 13.3 Å². The molecule has 4 N–H and O–H groups in total. The van der Waals surface area contributed by atoms with E-state index in [-0.39, 0.29) is 0 Å². The molecular weight excluding hydrogens is 254 g/mol. The summed E-state index contributed by atoms with van der Waals surface area (Å²) in [6.45, 7) is 2.72. The highest BCUT2D eigenvalue weighted by molar-refractivity contribution is 4.81. The van der Waals surface area contributed by atoms with Crippen LogP contribution in [0.3, 0.4) is 0 Å². The molecule has 0 aliphatic heterocycles. The van der Waals surface area contributed by atoms with Gasteiger partial charge in [-0.3, -0.25) is 14.3 Å². The maximum Gasteiger partial charge on any atom is 0.0945 e. The quantitative estimate of drug-likeness (QED) is 0.676. The molecule has 0 bridgehead atoms. The lowest BCUT2D eigenvalue weighted by Crippen LogP contribution is -2.40. The summed E-state index contributed by atoms with van der Waals surface area (Å²) in [6.07, 6.45) is 9.31. The Hall–Kier alpha value is -1.70. The molecule has 7 heteroatoms.